The second-order valence-electron chi connectivity index (χ2n) is 3.77. The van der Waals surface area contributed by atoms with E-state index in [4.69, 9.17) is 11.6 Å². The summed E-state index contributed by atoms with van der Waals surface area (Å²) in [6, 6.07) is 5.95. The maximum atomic E-state index is 6.19. The van der Waals surface area contributed by atoms with Gasteiger partial charge < -0.3 is 4.57 Å². The van der Waals surface area contributed by atoms with Gasteiger partial charge >= 0.3 is 0 Å². The molecule has 0 bridgehead atoms. The van der Waals surface area contributed by atoms with Gasteiger partial charge in [-0.05, 0) is 31.5 Å². The van der Waals surface area contributed by atoms with E-state index in [1.165, 1.54) is 0 Å². The highest BCUT2D eigenvalue weighted by molar-refractivity contribution is 9.10. The van der Waals surface area contributed by atoms with Crippen LogP contribution in [0.25, 0.3) is 0 Å². The molecule has 0 aliphatic rings. The van der Waals surface area contributed by atoms with Crippen molar-refractivity contribution in [3.05, 3.63) is 51.0 Å². The highest BCUT2D eigenvalue weighted by Crippen LogP contribution is 2.22. The van der Waals surface area contributed by atoms with Gasteiger partial charge in [-0.15, -0.1) is 0 Å². The maximum absolute atomic E-state index is 6.19. The number of aromatic nitrogens is 2. The second-order valence-corrected chi connectivity index (χ2v) is 5.09. The van der Waals surface area contributed by atoms with Crippen molar-refractivity contribution in [2.45, 2.75) is 20.4 Å². The molecule has 84 valence electrons. The summed E-state index contributed by atoms with van der Waals surface area (Å²) >= 11 is 9.59. The number of nitrogens with zero attached hydrogens (tertiary/aromatic N) is 2. The monoisotopic (exact) mass is 298 g/mol. The van der Waals surface area contributed by atoms with Crippen LogP contribution < -0.4 is 0 Å². The van der Waals surface area contributed by atoms with E-state index in [0.717, 1.165) is 33.1 Å². The molecule has 0 unspecified atom stereocenters. The smallest absolute Gasteiger partial charge is 0.106 e. The Morgan fingerprint density at radius 1 is 1.38 bits per heavy atom. The van der Waals surface area contributed by atoms with Crippen LogP contribution in [0.2, 0.25) is 5.02 Å². The molecule has 0 aliphatic carbocycles. The van der Waals surface area contributed by atoms with E-state index in [2.05, 4.69) is 25.5 Å². The summed E-state index contributed by atoms with van der Waals surface area (Å²) in [7, 11) is 0. The fourth-order valence-corrected chi connectivity index (χ4v) is 2.37. The first-order valence-electron chi connectivity index (χ1n) is 5.00. The summed E-state index contributed by atoms with van der Waals surface area (Å²) in [6.07, 6.45) is 1.88. The lowest BCUT2D eigenvalue weighted by molar-refractivity contribution is 0.738. The molecule has 2 nitrogen and oxygen atoms in total. The second kappa shape index (κ2) is 4.60. The van der Waals surface area contributed by atoms with Crippen LogP contribution in [0.4, 0.5) is 0 Å². The largest absolute Gasteiger partial charge is 0.328 e. The number of rotatable bonds is 2. The van der Waals surface area contributed by atoms with Gasteiger partial charge in [0.1, 0.15) is 5.82 Å². The average Bonchev–Trinajstić information content (AvgIpc) is 2.53. The Balaban J connectivity index is 2.34. The minimum Gasteiger partial charge on any atom is -0.328 e. The van der Waals surface area contributed by atoms with Gasteiger partial charge in [-0.3, -0.25) is 0 Å². The third-order valence-corrected chi connectivity index (χ3v) is 3.44. The first-order chi connectivity index (χ1) is 7.58. The van der Waals surface area contributed by atoms with Crippen LogP contribution in [0, 0.1) is 13.8 Å². The van der Waals surface area contributed by atoms with E-state index in [-0.39, 0.29) is 0 Å². The fraction of sp³-hybridized carbons (Fsp3) is 0.250. The van der Waals surface area contributed by atoms with Crippen LogP contribution in [-0.4, -0.2) is 9.55 Å². The summed E-state index contributed by atoms with van der Waals surface area (Å²) < 4.78 is 3.15. The number of halogens is 2. The third-order valence-electron chi connectivity index (χ3n) is 2.60. The van der Waals surface area contributed by atoms with Crippen molar-refractivity contribution in [1.82, 2.24) is 9.55 Å². The SMILES string of the molecule is Cc1cnc(C)n1Cc1ccc(Br)cc1Cl. The molecule has 0 amide bonds. The lowest BCUT2D eigenvalue weighted by Crippen LogP contribution is -2.04. The number of aryl methyl sites for hydroxylation is 2. The van der Waals surface area contributed by atoms with Crippen LogP contribution in [0.15, 0.2) is 28.9 Å². The normalized spacial score (nSPS) is 10.8. The van der Waals surface area contributed by atoms with Crippen LogP contribution >= 0.6 is 27.5 Å². The number of hydrogen-bond donors (Lipinski definition) is 0. The molecule has 0 fully saturated rings. The molecule has 16 heavy (non-hydrogen) atoms. The topological polar surface area (TPSA) is 17.8 Å². The van der Waals surface area contributed by atoms with Gasteiger partial charge in [0, 0.05) is 21.4 Å². The van der Waals surface area contributed by atoms with E-state index in [1.54, 1.807) is 0 Å². The van der Waals surface area contributed by atoms with Crippen molar-refractivity contribution >= 4 is 27.5 Å². The van der Waals surface area contributed by atoms with Crippen LogP contribution in [0.3, 0.4) is 0 Å². The molecule has 0 saturated carbocycles. The third kappa shape index (κ3) is 2.30. The summed E-state index contributed by atoms with van der Waals surface area (Å²) in [5.74, 6) is 1.01. The van der Waals surface area contributed by atoms with Crippen LogP contribution in [-0.2, 0) is 6.54 Å². The Hall–Kier alpha value is -0.800. The zero-order chi connectivity index (χ0) is 11.7. The summed E-state index contributed by atoms with van der Waals surface area (Å²) in [5, 5.41) is 0.780. The lowest BCUT2D eigenvalue weighted by atomic mass is 10.2. The molecule has 4 heteroatoms. The standard InChI is InChI=1S/C12H12BrClN2/c1-8-6-15-9(2)16(8)7-10-3-4-11(13)5-12(10)14/h3-6H,7H2,1-2H3. The Kier molecular flexibility index (Phi) is 3.36. The van der Waals surface area contributed by atoms with Crippen molar-refractivity contribution in [2.75, 3.05) is 0 Å². The molecule has 0 radical (unpaired) electrons. The van der Waals surface area contributed by atoms with Gasteiger partial charge in [-0.2, -0.15) is 0 Å². The van der Waals surface area contributed by atoms with E-state index >= 15 is 0 Å². The van der Waals surface area contributed by atoms with Gasteiger partial charge in [0.15, 0.2) is 0 Å². The number of benzene rings is 1. The van der Waals surface area contributed by atoms with E-state index in [0.29, 0.717) is 0 Å². The molecule has 0 atom stereocenters. The molecule has 2 aromatic rings. The van der Waals surface area contributed by atoms with Gasteiger partial charge in [0.05, 0.1) is 6.54 Å². The van der Waals surface area contributed by atoms with E-state index < -0.39 is 0 Å². The van der Waals surface area contributed by atoms with E-state index in [9.17, 15) is 0 Å². The van der Waals surface area contributed by atoms with Crippen molar-refractivity contribution < 1.29 is 0 Å². The highest BCUT2D eigenvalue weighted by Gasteiger charge is 2.06. The Bertz CT molecular complexity index is 500. The maximum Gasteiger partial charge on any atom is 0.106 e. The van der Waals surface area contributed by atoms with Crippen molar-refractivity contribution in [3.63, 3.8) is 0 Å². The summed E-state index contributed by atoms with van der Waals surface area (Å²) in [5.41, 5.74) is 2.26. The molecule has 1 heterocycles. The lowest BCUT2D eigenvalue weighted by Gasteiger charge is -2.09. The van der Waals surface area contributed by atoms with Crippen LogP contribution in [0.5, 0.6) is 0 Å². The Morgan fingerprint density at radius 3 is 2.69 bits per heavy atom. The Labute approximate surface area is 108 Å². The zero-order valence-corrected chi connectivity index (χ0v) is 11.5. The first kappa shape index (κ1) is 11.7. The molecular weight excluding hydrogens is 288 g/mol. The molecule has 2 rings (SSSR count). The highest BCUT2D eigenvalue weighted by atomic mass is 79.9. The minimum absolute atomic E-state index is 0.768. The van der Waals surface area contributed by atoms with Crippen molar-refractivity contribution in [1.29, 1.82) is 0 Å². The summed E-state index contributed by atoms with van der Waals surface area (Å²) in [6.45, 7) is 4.82. The molecule has 1 aromatic heterocycles. The predicted octanol–water partition coefficient (Wildman–Crippen LogP) is 3.96. The Morgan fingerprint density at radius 2 is 2.12 bits per heavy atom. The van der Waals surface area contributed by atoms with E-state index in [1.807, 2.05) is 38.2 Å². The predicted molar refractivity (Wildman–Crippen MR) is 70.0 cm³/mol. The van der Waals surface area contributed by atoms with Crippen molar-refractivity contribution in [2.24, 2.45) is 0 Å². The average molecular weight is 300 g/mol. The quantitative estimate of drug-likeness (QED) is 0.820. The molecule has 0 spiro atoms. The molecule has 0 aliphatic heterocycles. The molecule has 0 saturated heterocycles. The van der Waals surface area contributed by atoms with Gasteiger partial charge in [0.25, 0.3) is 0 Å². The molecular formula is C12H12BrClN2. The van der Waals surface area contributed by atoms with Gasteiger partial charge in [-0.1, -0.05) is 33.6 Å². The zero-order valence-electron chi connectivity index (χ0n) is 9.17. The van der Waals surface area contributed by atoms with Crippen LogP contribution in [0.1, 0.15) is 17.1 Å². The number of hydrogen-bond acceptors (Lipinski definition) is 1. The van der Waals surface area contributed by atoms with Gasteiger partial charge in [-0.25, -0.2) is 4.98 Å². The fourth-order valence-electron chi connectivity index (χ4n) is 1.64. The van der Waals surface area contributed by atoms with Crippen molar-refractivity contribution in [3.8, 4) is 0 Å². The van der Waals surface area contributed by atoms with Gasteiger partial charge in [0.2, 0.25) is 0 Å². The summed E-state index contributed by atoms with van der Waals surface area (Å²) in [4.78, 5) is 4.27. The molecule has 1 aromatic carbocycles. The molecule has 0 N–H and O–H groups in total. The minimum atomic E-state index is 0.768. The first-order valence-corrected chi connectivity index (χ1v) is 6.17. The number of imidazole rings is 1.